The highest BCUT2D eigenvalue weighted by molar-refractivity contribution is 6.11. The fourth-order valence-electron chi connectivity index (χ4n) is 3.04. The Morgan fingerprint density at radius 3 is 2.83 bits per heavy atom. The molecule has 0 atom stereocenters. The molecular formula is C18H14N4O. The molecule has 0 fully saturated rings. The molecule has 0 aliphatic carbocycles. The number of ether oxygens (including phenoxy) is 1. The van der Waals surface area contributed by atoms with Gasteiger partial charge in [-0.15, -0.1) is 0 Å². The lowest BCUT2D eigenvalue weighted by Crippen LogP contribution is -1.93. The van der Waals surface area contributed by atoms with Gasteiger partial charge in [0.05, 0.1) is 41.1 Å². The fraction of sp³-hybridized carbons (Fsp3) is 0.167. The molecule has 2 heterocycles. The van der Waals surface area contributed by atoms with E-state index < -0.39 is 0 Å². The van der Waals surface area contributed by atoms with Crippen molar-refractivity contribution in [1.82, 2.24) is 14.5 Å². The van der Waals surface area contributed by atoms with Gasteiger partial charge in [-0.2, -0.15) is 5.26 Å². The smallest absolute Gasteiger partial charge is 0.121 e. The van der Waals surface area contributed by atoms with Crippen LogP contribution >= 0.6 is 0 Å². The maximum absolute atomic E-state index is 9.74. The van der Waals surface area contributed by atoms with Crippen LogP contribution in [0, 0.1) is 11.3 Å². The molecule has 4 rings (SSSR count). The number of nitriles is 1. The average Bonchev–Trinajstić information content (AvgIpc) is 3.02. The van der Waals surface area contributed by atoms with Crippen LogP contribution in [0.5, 0.6) is 5.75 Å². The van der Waals surface area contributed by atoms with Gasteiger partial charge >= 0.3 is 0 Å². The average molecular weight is 302 g/mol. The van der Waals surface area contributed by atoms with Crippen LogP contribution in [0.4, 0.5) is 0 Å². The number of aryl methyl sites for hydroxylation is 1. The summed E-state index contributed by atoms with van der Waals surface area (Å²) in [5.74, 6) is 0.726. The Bertz CT molecular complexity index is 1110. The van der Waals surface area contributed by atoms with E-state index in [2.05, 4.69) is 22.5 Å². The highest BCUT2D eigenvalue weighted by Gasteiger charge is 2.15. The zero-order chi connectivity index (χ0) is 16.0. The molecule has 0 amide bonds. The molecule has 5 heteroatoms. The molecule has 2 aromatic heterocycles. The van der Waals surface area contributed by atoms with E-state index in [1.165, 1.54) is 0 Å². The van der Waals surface area contributed by atoms with Gasteiger partial charge in [-0.05, 0) is 31.2 Å². The van der Waals surface area contributed by atoms with Crippen molar-refractivity contribution < 1.29 is 4.74 Å². The van der Waals surface area contributed by atoms with Crippen LogP contribution in [0.2, 0.25) is 0 Å². The molecule has 0 aliphatic rings. The number of hydrogen-bond donors (Lipinski definition) is 0. The lowest BCUT2D eigenvalue weighted by atomic mass is 10.0. The summed E-state index contributed by atoms with van der Waals surface area (Å²) in [6.45, 7) is 2.91. The number of benzene rings is 2. The number of nitrogens with zero attached hydrogens (tertiary/aromatic N) is 4. The van der Waals surface area contributed by atoms with Crippen molar-refractivity contribution in [2.75, 3.05) is 7.11 Å². The molecule has 0 spiro atoms. The Morgan fingerprint density at radius 2 is 2.09 bits per heavy atom. The van der Waals surface area contributed by atoms with Crippen molar-refractivity contribution in [3.05, 3.63) is 42.2 Å². The third-order valence-corrected chi connectivity index (χ3v) is 4.19. The standard InChI is InChI=1S/C18H14N4O/c1-3-22-10-20-18-16(22)7-6-14-17(18)13(9-19)12-5-4-11(23-2)8-15(12)21-14/h4-8,10H,3H2,1-2H3. The predicted octanol–water partition coefficient (Wildman–Crippen LogP) is 3.64. The Morgan fingerprint density at radius 1 is 1.22 bits per heavy atom. The summed E-state index contributed by atoms with van der Waals surface area (Å²) in [4.78, 5) is 9.21. The number of pyridine rings is 1. The molecule has 23 heavy (non-hydrogen) atoms. The van der Waals surface area contributed by atoms with Gasteiger partial charge in [0, 0.05) is 23.4 Å². The van der Waals surface area contributed by atoms with E-state index in [1.54, 1.807) is 7.11 Å². The second kappa shape index (κ2) is 4.96. The van der Waals surface area contributed by atoms with Gasteiger partial charge in [-0.25, -0.2) is 9.97 Å². The van der Waals surface area contributed by atoms with Crippen molar-refractivity contribution in [2.24, 2.45) is 0 Å². The third kappa shape index (κ3) is 1.85. The van der Waals surface area contributed by atoms with Crippen molar-refractivity contribution in [3.8, 4) is 11.8 Å². The maximum atomic E-state index is 9.74. The molecule has 0 bridgehead atoms. The number of hydrogen-bond acceptors (Lipinski definition) is 4. The highest BCUT2D eigenvalue weighted by atomic mass is 16.5. The summed E-state index contributed by atoms with van der Waals surface area (Å²) < 4.78 is 7.32. The van der Waals surface area contributed by atoms with Gasteiger partial charge < -0.3 is 9.30 Å². The number of fused-ring (bicyclic) bond motifs is 4. The first-order valence-corrected chi connectivity index (χ1v) is 7.42. The van der Waals surface area contributed by atoms with Gasteiger partial charge in [-0.1, -0.05) is 0 Å². The molecule has 0 saturated carbocycles. The normalized spacial score (nSPS) is 11.2. The lowest BCUT2D eigenvalue weighted by Gasteiger charge is -2.08. The van der Waals surface area contributed by atoms with Crippen molar-refractivity contribution in [3.63, 3.8) is 0 Å². The molecule has 2 aromatic carbocycles. The minimum absolute atomic E-state index is 0.611. The molecule has 0 radical (unpaired) electrons. The summed E-state index contributed by atoms with van der Waals surface area (Å²) in [7, 11) is 1.62. The largest absolute Gasteiger partial charge is 0.497 e. The minimum atomic E-state index is 0.611. The van der Waals surface area contributed by atoms with E-state index in [9.17, 15) is 5.26 Å². The fourth-order valence-corrected chi connectivity index (χ4v) is 3.04. The summed E-state index contributed by atoms with van der Waals surface area (Å²) in [5.41, 5.74) is 3.98. The minimum Gasteiger partial charge on any atom is -0.497 e. The first-order valence-electron chi connectivity index (χ1n) is 7.42. The zero-order valence-corrected chi connectivity index (χ0v) is 12.9. The van der Waals surface area contributed by atoms with E-state index in [1.807, 2.05) is 36.7 Å². The van der Waals surface area contributed by atoms with Gasteiger partial charge in [0.2, 0.25) is 0 Å². The van der Waals surface area contributed by atoms with Gasteiger partial charge in [0.25, 0.3) is 0 Å². The molecule has 0 aliphatic heterocycles. The number of aromatic nitrogens is 3. The summed E-state index contributed by atoms with van der Waals surface area (Å²) in [6.07, 6.45) is 1.81. The Balaban J connectivity index is 2.21. The van der Waals surface area contributed by atoms with Crippen LogP contribution in [0.25, 0.3) is 32.8 Å². The van der Waals surface area contributed by atoms with Gasteiger partial charge in [0.15, 0.2) is 0 Å². The van der Waals surface area contributed by atoms with Crippen molar-refractivity contribution in [1.29, 1.82) is 5.26 Å². The van der Waals surface area contributed by atoms with Crippen LogP contribution in [-0.4, -0.2) is 21.6 Å². The predicted molar refractivity (Wildman–Crippen MR) is 89.5 cm³/mol. The molecule has 5 nitrogen and oxygen atoms in total. The van der Waals surface area contributed by atoms with Crippen molar-refractivity contribution >= 4 is 32.8 Å². The molecule has 0 saturated heterocycles. The van der Waals surface area contributed by atoms with Gasteiger partial charge in [0.1, 0.15) is 11.8 Å². The maximum Gasteiger partial charge on any atom is 0.121 e. The molecule has 4 aromatic rings. The van der Waals surface area contributed by atoms with Crippen LogP contribution in [-0.2, 0) is 6.54 Å². The Hall–Kier alpha value is -3.13. The van der Waals surface area contributed by atoms with E-state index in [-0.39, 0.29) is 0 Å². The van der Waals surface area contributed by atoms with E-state index in [0.29, 0.717) is 5.56 Å². The van der Waals surface area contributed by atoms with Crippen LogP contribution < -0.4 is 4.74 Å². The topological polar surface area (TPSA) is 63.7 Å². The quantitative estimate of drug-likeness (QED) is 0.530. The molecular weight excluding hydrogens is 288 g/mol. The number of rotatable bonds is 2. The van der Waals surface area contributed by atoms with E-state index in [4.69, 9.17) is 9.72 Å². The molecule has 0 N–H and O–H groups in total. The lowest BCUT2D eigenvalue weighted by molar-refractivity contribution is 0.415. The van der Waals surface area contributed by atoms with Crippen LogP contribution in [0.3, 0.4) is 0 Å². The second-order valence-electron chi connectivity index (χ2n) is 5.34. The monoisotopic (exact) mass is 302 g/mol. The van der Waals surface area contributed by atoms with Gasteiger partial charge in [-0.3, -0.25) is 0 Å². The van der Waals surface area contributed by atoms with Crippen LogP contribution in [0.1, 0.15) is 12.5 Å². The number of imidazole rings is 1. The zero-order valence-electron chi connectivity index (χ0n) is 12.9. The van der Waals surface area contributed by atoms with Crippen molar-refractivity contribution in [2.45, 2.75) is 13.5 Å². The third-order valence-electron chi connectivity index (χ3n) is 4.19. The first-order chi connectivity index (χ1) is 11.3. The molecule has 112 valence electrons. The highest BCUT2D eigenvalue weighted by Crippen LogP contribution is 2.32. The summed E-state index contributed by atoms with van der Waals surface area (Å²) in [5, 5.41) is 11.4. The summed E-state index contributed by atoms with van der Waals surface area (Å²) in [6, 6.07) is 11.9. The SMILES string of the molecule is CCn1cnc2c3c(C#N)c4ccc(OC)cc4nc3ccc21. The summed E-state index contributed by atoms with van der Waals surface area (Å²) >= 11 is 0. The van der Waals surface area contributed by atoms with E-state index in [0.717, 1.165) is 45.1 Å². The second-order valence-corrected chi connectivity index (χ2v) is 5.34. The first kappa shape index (κ1) is 13.5. The van der Waals surface area contributed by atoms with E-state index >= 15 is 0 Å². The Labute approximate surface area is 132 Å². The Kier molecular flexibility index (Phi) is 2.91. The molecule has 0 unspecified atom stereocenters. The number of methoxy groups -OCH3 is 1. The van der Waals surface area contributed by atoms with Crippen LogP contribution in [0.15, 0.2) is 36.7 Å².